The second-order valence-corrected chi connectivity index (χ2v) is 5.30. The number of hydrogen-bond donors (Lipinski definition) is 3. The summed E-state index contributed by atoms with van der Waals surface area (Å²) < 4.78 is 0.987. The number of benzene rings is 1. The van der Waals surface area contributed by atoms with Crippen molar-refractivity contribution in [2.24, 2.45) is 5.73 Å². The van der Waals surface area contributed by atoms with Gasteiger partial charge in [0, 0.05) is 15.5 Å². The summed E-state index contributed by atoms with van der Waals surface area (Å²) in [5, 5.41) is 14.1. The summed E-state index contributed by atoms with van der Waals surface area (Å²) in [6, 6.07) is 6.51. The topological polar surface area (TPSA) is 88.2 Å². The first-order chi connectivity index (χ1) is 8.56. The molecule has 5 nitrogen and oxygen atoms in total. The van der Waals surface area contributed by atoms with E-state index in [-0.39, 0.29) is 0 Å². The highest BCUT2D eigenvalue weighted by molar-refractivity contribution is 9.10. The van der Waals surface area contributed by atoms with Gasteiger partial charge in [-0.25, -0.2) is 4.98 Å². The number of halogens is 1. The predicted molar refractivity (Wildman–Crippen MR) is 74.1 cm³/mol. The fourth-order valence-electron chi connectivity index (χ4n) is 1.27. The molecule has 1 atom stereocenters. The number of carboxylic acids is 1. The van der Waals surface area contributed by atoms with Crippen LogP contribution in [0.5, 0.6) is 0 Å². The van der Waals surface area contributed by atoms with Crippen molar-refractivity contribution in [3.05, 3.63) is 39.8 Å². The van der Waals surface area contributed by atoms with Crippen molar-refractivity contribution in [1.82, 2.24) is 4.98 Å². The summed E-state index contributed by atoms with van der Waals surface area (Å²) in [4.78, 5) is 14.9. The third kappa shape index (κ3) is 3.06. The highest BCUT2D eigenvalue weighted by atomic mass is 79.9. The number of carbonyl (C=O) groups is 1. The van der Waals surface area contributed by atoms with E-state index in [2.05, 4.69) is 26.2 Å². The largest absolute Gasteiger partial charge is 0.480 e. The Labute approximate surface area is 116 Å². The molecule has 1 heterocycles. The van der Waals surface area contributed by atoms with E-state index in [4.69, 9.17) is 10.8 Å². The molecule has 2 rings (SSSR count). The zero-order valence-electron chi connectivity index (χ0n) is 9.13. The maximum Gasteiger partial charge on any atom is 0.326 e. The van der Waals surface area contributed by atoms with E-state index in [1.807, 2.05) is 24.3 Å². The Morgan fingerprint density at radius 2 is 2.11 bits per heavy atom. The molecule has 0 bridgehead atoms. The van der Waals surface area contributed by atoms with Gasteiger partial charge in [-0.05, 0) is 24.3 Å². The van der Waals surface area contributed by atoms with Crippen molar-refractivity contribution >= 4 is 44.1 Å². The van der Waals surface area contributed by atoms with E-state index < -0.39 is 12.0 Å². The molecule has 94 valence electrons. The van der Waals surface area contributed by atoms with Gasteiger partial charge in [0.2, 0.25) is 0 Å². The number of rotatable bonds is 4. The number of aromatic nitrogens is 1. The number of anilines is 2. The normalized spacial score (nSPS) is 12.1. The third-order valence-electron chi connectivity index (χ3n) is 2.20. The van der Waals surface area contributed by atoms with Gasteiger partial charge in [0.05, 0.1) is 5.69 Å². The summed E-state index contributed by atoms with van der Waals surface area (Å²) >= 11 is 4.66. The number of nitrogens with one attached hydrogen (secondary N) is 1. The summed E-state index contributed by atoms with van der Waals surface area (Å²) in [5.74, 6) is -1.09. The average Bonchev–Trinajstić information content (AvgIpc) is 2.79. The van der Waals surface area contributed by atoms with E-state index in [1.54, 1.807) is 5.38 Å². The fourth-order valence-corrected chi connectivity index (χ4v) is 2.30. The molecule has 0 spiro atoms. The van der Waals surface area contributed by atoms with E-state index in [0.717, 1.165) is 10.2 Å². The summed E-state index contributed by atoms with van der Waals surface area (Å²) in [6.45, 7) is 0. The van der Waals surface area contributed by atoms with Gasteiger partial charge in [0.25, 0.3) is 0 Å². The highest BCUT2D eigenvalue weighted by Crippen LogP contribution is 2.24. The molecule has 0 amide bonds. The van der Waals surface area contributed by atoms with Crippen molar-refractivity contribution in [2.45, 2.75) is 6.04 Å². The first-order valence-electron chi connectivity index (χ1n) is 5.02. The smallest absolute Gasteiger partial charge is 0.326 e. The van der Waals surface area contributed by atoms with Gasteiger partial charge >= 0.3 is 5.97 Å². The molecule has 0 saturated carbocycles. The predicted octanol–water partition coefficient (Wildman–Crippen LogP) is 2.73. The molecule has 0 saturated heterocycles. The molecule has 1 unspecified atom stereocenters. The maximum absolute atomic E-state index is 10.7. The van der Waals surface area contributed by atoms with Crippen LogP contribution < -0.4 is 11.1 Å². The summed E-state index contributed by atoms with van der Waals surface area (Å²) in [7, 11) is 0. The molecular weight excluding hydrogens is 318 g/mol. The molecule has 0 aliphatic rings. The minimum absolute atomic E-state index is 0.354. The van der Waals surface area contributed by atoms with Crippen LogP contribution in [-0.2, 0) is 4.79 Å². The van der Waals surface area contributed by atoms with Crippen LogP contribution in [0.15, 0.2) is 34.1 Å². The number of carboxylic acid groups (broad SMARTS) is 1. The lowest BCUT2D eigenvalue weighted by Gasteiger charge is -2.03. The minimum Gasteiger partial charge on any atom is -0.480 e. The van der Waals surface area contributed by atoms with Crippen LogP contribution in [-0.4, -0.2) is 16.1 Å². The van der Waals surface area contributed by atoms with Gasteiger partial charge in [-0.15, -0.1) is 11.3 Å². The van der Waals surface area contributed by atoms with Crippen LogP contribution in [0.4, 0.5) is 10.8 Å². The van der Waals surface area contributed by atoms with E-state index in [1.165, 1.54) is 11.3 Å². The van der Waals surface area contributed by atoms with Gasteiger partial charge in [-0.1, -0.05) is 15.9 Å². The minimum atomic E-state index is -1.09. The number of hydrogen-bond acceptors (Lipinski definition) is 5. The summed E-state index contributed by atoms with van der Waals surface area (Å²) in [5.41, 5.74) is 6.71. The standard InChI is InChI=1S/C11H10BrN3O2S/c12-6-1-3-7(4-2-6)14-11-15-8(5-18-11)9(13)10(16)17/h1-5,9H,13H2,(H,14,15)(H,16,17). The Kier molecular flexibility index (Phi) is 3.95. The lowest BCUT2D eigenvalue weighted by molar-refractivity contribution is -0.138. The number of aliphatic carboxylic acids is 1. The molecule has 18 heavy (non-hydrogen) atoms. The second-order valence-electron chi connectivity index (χ2n) is 3.53. The molecule has 0 radical (unpaired) electrons. The van der Waals surface area contributed by atoms with Crippen molar-refractivity contribution in [3.8, 4) is 0 Å². The van der Waals surface area contributed by atoms with E-state index in [0.29, 0.717) is 10.8 Å². The van der Waals surface area contributed by atoms with Crippen LogP contribution in [0.2, 0.25) is 0 Å². The SMILES string of the molecule is NC(C(=O)O)c1csc(Nc2ccc(Br)cc2)n1. The van der Waals surface area contributed by atoms with Gasteiger partial charge in [-0.2, -0.15) is 0 Å². The summed E-state index contributed by atoms with van der Waals surface area (Å²) in [6.07, 6.45) is 0. The average molecular weight is 328 g/mol. The van der Waals surface area contributed by atoms with Gasteiger partial charge in [0.1, 0.15) is 6.04 Å². The van der Waals surface area contributed by atoms with Crippen LogP contribution in [0, 0.1) is 0 Å². The third-order valence-corrected chi connectivity index (χ3v) is 3.51. The molecular formula is C11H10BrN3O2S. The zero-order valence-corrected chi connectivity index (χ0v) is 11.5. The first-order valence-corrected chi connectivity index (χ1v) is 6.70. The lowest BCUT2D eigenvalue weighted by atomic mass is 10.2. The number of thiazole rings is 1. The Balaban J connectivity index is 2.11. The van der Waals surface area contributed by atoms with Crippen molar-refractivity contribution in [3.63, 3.8) is 0 Å². The van der Waals surface area contributed by atoms with E-state index >= 15 is 0 Å². The Morgan fingerprint density at radius 1 is 1.44 bits per heavy atom. The van der Waals surface area contributed by atoms with Crippen LogP contribution in [0.1, 0.15) is 11.7 Å². The lowest BCUT2D eigenvalue weighted by Crippen LogP contribution is -2.20. The first kappa shape index (κ1) is 13.0. The van der Waals surface area contributed by atoms with Gasteiger partial charge < -0.3 is 16.2 Å². The second kappa shape index (κ2) is 5.47. The molecule has 0 aliphatic carbocycles. The van der Waals surface area contributed by atoms with Crippen molar-refractivity contribution in [2.75, 3.05) is 5.32 Å². The number of nitrogens with two attached hydrogens (primary N) is 1. The van der Waals surface area contributed by atoms with E-state index in [9.17, 15) is 4.79 Å². The Morgan fingerprint density at radius 3 is 2.72 bits per heavy atom. The fraction of sp³-hybridized carbons (Fsp3) is 0.0909. The molecule has 1 aromatic carbocycles. The monoisotopic (exact) mass is 327 g/mol. The highest BCUT2D eigenvalue weighted by Gasteiger charge is 2.17. The maximum atomic E-state index is 10.7. The number of nitrogens with zero attached hydrogens (tertiary/aromatic N) is 1. The molecule has 7 heteroatoms. The molecule has 1 aromatic heterocycles. The molecule has 4 N–H and O–H groups in total. The van der Waals surface area contributed by atoms with Crippen molar-refractivity contribution < 1.29 is 9.90 Å². The van der Waals surface area contributed by atoms with Crippen LogP contribution in [0.3, 0.4) is 0 Å². The quantitative estimate of drug-likeness (QED) is 0.803. The molecule has 2 aromatic rings. The Hall–Kier alpha value is -1.44. The van der Waals surface area contributed by atoms with Crippen molar-refractivity contribution in [1.29, 1.82) is 0 Å². The molecule has 0 fully saturated rings. The van der Waals surface area contributed by atoms with Crippen LogP contribution >= 0.6 is 27.3 Å². The van der Waals surface area contributed by atoms with Gasteiger partial charge in [0.15, 0.2) is 5.13 Å². The van der Waals surface area contributed by atoms with Crippen LogP contribution in [0.25, 0.3) is 0 Å². The Bertz CT molecular complexity index is 556. The zero-order chi connectivity index (χ0) is 13.1. The van der Waals surface area contributed by atoms with Gasteiger partial charge in [-0.3, -0.25) is 4.79 Å². The molecule has 0 aliphatic heterocycles.